The molecule has 0 atom stereocenters. The van der Waals surface area contributed by atoms with E-state index in [1.807, 2.05) is 57.2 Å². The smallest absolute Gasteiger partial charge is 0.150 e. The van der Waals surface area contributed by atoms with Gasteiger partial charge in [-0.2, -0.15) is 0 Å². The lowest BCUT2D eigenvalue weighted by atomic mass is 10.0. The highest BCUT2D eigenvalue weighted by Gasteiger charge is 2.18. The summed E-state index contributed by atoms with van der Waals surface area (Å²) in [6.07, 6.45) is 13.3. The molecule has 0 aromatic carbocycles. The highest BCUT2D eigenvalue weighted by atomic mass is 16.5. The molecule has 0 aliphatic heterocycles. The van der Waals surface area contributed by atoms with Crippen molar-refractivity contribution < 1.29 is 9.53 Å². The zero-order valence-corrected chi connectivity index (χ0v) is 11.1. The molecule has 18 heavy (non-hydrogen) atoms. The molecule has 0 fully saturated rings. The maximum atomic E-state index is 11.0. The number of aldehydes is 1. The molecule has 0 saturated carbocycles. The number of hydrogen-bond acceptors (Lipinski definition) is 2. The van der Waals surface area contributed by atoms with E-state index >= 15 is 0 Å². The van der Waals surface area contributed by atoms with Crippen molar-refractivity contribution in [1.82, 2.24) is 0 Å². The van der Waals surface area contributed by atoms with Gasteiger partial charge in [0.2, 0.25) is 0 Å². The van der Waals surface area contributed by atoms with Crippen molar-refractivity contribution in [2.75, 3.05) is 0 Å². The molecule has 0 unspecified atom stereocenters. The molecule has 2 rings (SSSR count). The van der Waals surface area contributed by atoms with Crippen LogP contribution in [0.1, 0.15) is 27.2 Å². The Kier molecular flexibility index (Phi) is 3.37. The predicted molar refractivity (Wildman–Crippen MR) is 73.0 cm³/mol. The molecule has 2 aliphatic carbocycles. The van der Waals surface area contributed by atoms with E-state index in [-0.39, 0.29) is 5.60 Å². The number of allylic oxidation sites excluding steroid dienone is 9. The Morgan fingerprint density at radius 1 is 1.17 bits per heavy atom. The van der Waals surface area contributed by atoms with Crippen LogP contribution in [0.25, 0.3) is 0 Å². The minimum Gasteiger partial charge on any atom is -0.488 e. The van der Waals surface area contributed by atoms with E-state index in [1.54, 1.807) is 0 Å². The molecule has 0 heterocycles. The maximum absolute atomic E-state index is 11.0. The van der Waals surface area contributed by atoms with Crippen molar-refractivity contribution in [2.45, 2.75) is 32.8 Å². The predicted octanol–water partition coefficient (Wildman–Crippen LogP) is 3.64. The third kappa shape index (κ3) is 2.89. The quantitative estimate of drug-likeness (QED) is 0.691. The van der Waals surface area contributed by atoms with Crippen LogP contribution in [0.4, 0.5) is 0 Å². The topological polar surface area (TPSA) is 26.3 Å². The molecular weight excluding hydrogens is 224 g/mol. The zero-order chi connectivity index (χ0) is 13.2. The molecule has 2 bridgehead atoms. The largest absolute Gasteiger partial charge is 0.488 e. The summed E-state index contributed by atoms with van der Waals surface area (Å²) in [5, 5.41) is 0. The average Bonchev–Trinajstić information content (AvgIpc) is 2.58. The molecule has 2 aliphatic rings. The standard InChI is InChI=1S/C16H18O2/c1-16(2,3)18-15-9-5-6-12-10-13(15)7-4-8-14(12)11-17/h4-9,11H,10H2,1-3H3. The van der Waals surface area contributed by atoms with E-state index in [4.69, 9.17) is 4.74 Å². The van der Waals surface area contributed by atoms with Crippen LogP contribution in [-0.2, 0) is 9.53 Å². The Morgan fingerprint density at radius 3 is 2.56 bits per heavy atom. The van der Waals surface area contributed by atoms with Gasteiger partial charge in [0.05, 0.1) is 0 Å². The van der Waals surface area contributed by atoms with Gasteiger partial charge in [0.15, 0.2) is 0 Å². The van der Waals surface area contributed by atoms with Gasteiger partial charge in [0.25, 0.3) is 0 Å². The zero-order valence-electron chi connectivity index (χ0n) is 11.1. The summed E-state index contributed by atoms with van der Waals surface area (Å²) < 4.78 is 5.97. The lowest BCUT2D eigenvalue weighted by Gasteiger charge is -2.23. The molecule has 0 saturated heterocycles. The van der Waals surface area contributed by atoms with Crippen molar-refractivity contribution in [3.63, 3.8) is 0 Å². The van der Waals surface area contributed by atoms with E-state index in [9.17, 15) is 4.79 Å². The monoisotopic (exact) mass is 242 g/mol. The number of carbonyl (C=O) groups excluding carboxylic acids is 1. The van der Waals surface area contributed by atoms with E-state index in [2.05, 4.69) is 0 Å². The fourth-order valence-corrected chi connectivity index (χ4v) is 1.97. The Hall–Kier alpha value is -1.83. The SMILES string of the molecule is CC(C)(C)OC1=C2C=CC=C(C=O)C(=CC=C1)C2. The number of hydrogen-bond donors (Lipinski definition) is 0. The number of carbonyl (C=O) groups is 1. The lowest BCUT2D eigenvalue weighted by molar-refractivity contribution is -0.104. The first-order valence-electron chi connectivity index (χ1n) is 6.13. The van der Waals surface area contributed by atoms with Crippen molar-refractivity contribution in [3.05, 3.63) is 58.9 Å². The highest BCUT2D eigenvalue weighted by molar-refractivity contribution is 5.82. The molecule has 0 N–H and O–H groups in total. The van der Waals surface area contributed by atoms with Crippen molar-refractivity contribution in [3.8, 4) is 0 Å². The van der Waals surface area contributed by atoms with E-state index < -0.39 is 0 Å². The van der Waals surface area contributed by atoms with Crippen molar-refractivity contribution >= 4 is 6.29 Å². The van der Waals surface area contributed by atoms with E-state index in [1.165, 1.54) is 0 Å². The second-order valence-electron chi connectivity index (χ2n) is 5.43. The van der Waals surface area contributed by atoms with Crippen LogP contribution >= 0.6 is 0 Å². The summed E-state index contributed by atoms with van der Waals surface area (Å²) in [6, 6.07) is 0. The number of ether oxygens (including phenoxy) is 1. The summed E-state index contributed by atoms with van der Waals surface area (Å²) in [5.74, 6) is 0.880. The highest BCUT2D eigenvalue weighted by Crippen LogP contribution is 2.30. The minimum absolute atomic E-state index is 0.224. The molecule has 2 heteroatoms. The molecule has 0 radical (unpaired) electrons. The van der Waals surface area contributed by atoms with Crippen LogP contribution in [0, 0.1) is 0 Å². The van der Waals surface area contributed by atoms with Gasteiger partial charge in [-0.05, 0) is 38.0 Å². The first-order valence-corrected chi connectivity index (χ1v) is 6.13. The fourth-order valence-electron chi connectivity index (χ4n) is 1.97. The molecular formula is C16H18O2. The summed E-state index contributed by atoms with van der Waals surface area (Å²) in [5.41, 5.74) is 2.66. The van der Waals surface area contributed by atoms with Crippen LogP contribution in [0.3, 0.4) is 0 Å². The fraction of sp³-hybridized carbons (Fsp3) is 0.312. The molecule has 0 aromatic heterocycles. The Morgan fingerprint density at radius 2 is 1.89 bits per heavy atom. The molecule has 0 amide bonds. The molecule has 2 nitrogen and oxygen atoms in total. The third-order valence-corrected chi connectivity index (χ3v) is 2.73. The molecule has 0 spiro atoms. The Bertz CT molecular complexity index is 506. The van der Waals surface area contributed by atoms with Gasteiger partial charge in [-0.1, -0.05) is 30.4 Å². The van der Waals surface area contributed by atoms with Crippen LogP contribution < -0.4 is 0 Å². The number of fused-ring (bicyclic) bond motifs is 2. The van der Waals surface area contributed by atoms with E-state index in [0.717, 1.165) is 35.2 Å². The van der Waals surface area contributed by atoms with Gasteiger partial charge in [0, 0.05) is 12.0 Å². The van der Waals surface area contributed by atoms with Crippen LogP contribution in [0.15, 0.2) is 58.9 Å². The second kappa shape index (κ2) is 4.81. The Balaban J connectivity index is 2.38. The number of rotatable bonds is 2. The molecule has 0 aromatic rings. The van der Waals surface area contributed by atoms with Crippen molar-refractivity contribution in [1.29, 1.82) is 0 Å². The van der Waals surface area contributed by atoms with Gasteiger partial charge >= 0.3 is 0 Å². The van der Waals surface area contributed by atoms with Gasteiger partial charge in [-0.25, -0.2) is 0 Å². The maximum Gasteiger partial charge on any atom is 0.150 e. The van der Waals surface area contributed by atoms with Crippen molar-refractivity contribution in [2.24, 2.45) is 0 Å². The summed E-state index contributed by atoms with van der Waals surface area (Å²) >= 11 is 0. The lowest BCUT2D eigenvalue weighted by Crippen LogP contribution is -2.18. The second-order valence-corrected chi connectivity index (χ2v) is 5.43. The van der Waals surface area contributed by atoms with Crippen LogP contribution in [0.2, 0.25) is 0 Å². The average molecular weight is 242 g/mol. The third-order valence-electron chi connectivity index (χ3n) is 2.73. The van der Waals surface area contributed by atoms with E-state index in [0.29, 0.717) is 0 Å². The normalized spacial score (nSPS) is 18.8. The first kappa shape index (κ1) is 12.6. The summed E-state index contributed by atoms with van der Waals surface area (Å²) in [6.45, 7) is 6.09. The molecule has 94 valence electrons. The van der Waals surface area contributed by atoms with Gasteiger partial charge in [-0.3, -0.25) is 4.79 Å². The Labute approximate surface area is 108 Å². The minimum atomic E-state index is -0.224. The summed E-state index contributed by atoms with van der Waals surface area (Å²) in [4.78, 5) is 11.0. The van der Waals surface area contributed by atoms with Crippen LogP contribution in [-0.4, -0.2) is 11.9 Å². The first-order chi connectivity index (χ1) is 8.49. The van der Waals surface area contributed by atoms with Crippen LogP contribution in [0.5, 0.6) is 0 Å². The van der Waals surface area contributed by atoms with Gasteiger partial charge < -0.3 is 4.74 Å². The van der Waals surface area contributed by atoms with Gasteiger partial charge in [0.1, 0.15) is 17.6 Å². The summed E-state index contributed by atoms with van der Waals surface area (Å²) in [7, 11) is 0. The van der Waals surface area contributed by atoms with Gasteiger partial charge in [-0.15, -0.1) is 0 Å².